The van der Waals surface area contributed by atoms with Crippen molar-refractivity contribution in [3.8, 4) is 0 Å². The maximum atomic E-state index is 12.8. The van der Waals surface area contributed by atoms with E-state index in [-0.39, 0.29) is 12.1 Å². The molecule has 1 aromatic carbocycles. The van der Waals surface area contributed by atoms with Crippen LogP contribution >= 0.6 is 23.2 Å². The summed E-state index contributed by atoms with van der Waals surface area (Å²) < 4.78 is 5.68. The summed E-state index contributed by atoms with van der Waals surface area (Å²) in [5.41, 5.74) is 1.68. The Morgan fingerprint density at radius 3 is 2.56 bits per heavy atom. The van der Waals surface area contributed by atoms with Crippen LogP contribution in [0.4, 0.5) is 4.79 Å². The first-order valence-corrected chi connectivity index (χ1v) is 9.05. The van der Waals surface area contributed by atoms with Crippen molar-refractivity contribution in [1.82, 2.24) is 10.2 Å². The monoisotopic (exact) mass is 382 g/mol. The molecule has 5 nitrogen and oxygen atoms in total. The van der Waals surface area contributed by atoms with E-state index in [0.29, 0.717) is 26.9 Å². The molecule has 1 aromatic rings. The quantitative estimate of drug-likeness (QED) is 0.785. The number of hydrogen-bond acceptors (Lipinski definition) is 3. The van der Waals surface area contributed by atoms with E-state index < -0.39 is 12.0 Å². The first-order valence-electron chi connectivity index (χ1n) is 8.29. The second-order valence-corrected chi connectivity index (χ2v) is 7.24. The average Bonchev–Trinajstić information content (AvgIpc) is 3.07. The van der Waals surface area contributed by atoms with Crippen molar-refractivity contribution >= 4 is 35.2 Å². The second-order valence-electron chi connectivity index (χ2n) is 6.43. The van der Waals surface area contributed by atoms with Crippen molar-refractivity contribution in [3.63, 3.8) is 0 Å². The van der Waals surface area contributed by atoms with Gasteiger partial charge in [-0.05, 0) is 50.3 Å². The number of halogens is 2. The number of carbonyl (C=O) groups is 2. The van der Waals surface area contributed by atoms with Crippen LogP contribution in [0.5, 0.6) is 0 Å². The zero-order valence-corrected chi connectivity index (χ0v) is 15.7. The van der Waals surface area contributed by atoms with E-state index in [1.165, 1.54) is 4.90 Å². The van der Waals surface area contributed by atoms with Crippen molar-refractivity contribution in [3.05, 3.63) is 45.1 Å². The molecule has 134 valence electrons. The molecular formula is C18H20Cl2N2O3. The highest BCUT2D eigenvalue weighted by Crippen LogP contribution is 2.34. The van der Waals surface area contributed by atoms with Crippen LogP contribution < -0.4 is 5.32 Å². The van der Waals surface area contributed by atoms with Crippen LogP contribution in [-0.4, -0.2) is 30.1 Å². The van der Waals surface area contributed by atoms with Crippen molar-refractivity contribution in [2.24, 2.45) is 0 Å². The third-order valence-corrected chi connectivity index (χ3v) is 5.57. The van der Waals surface area contributed by atoms with Crippen LogP contribution in [0, 0.1) is 0 Å². The number of esters is 1. The molecule has 0 aromatic heterocycles. The summed E-state index contributed by atoms with van der Waals surface area (Å²) >= 11 is 12.1. The lowest BCUT2D eigenvalue weighted by Gasteiger charge is -2.33. The van der Waals surface area contributed by atoms with Gasteiger partial charge in [0.2, 0.25) is 0 Å². The zero-order valence-electron chi connectivity index (χ0n) is 14.1. The van der Waals surface area contributed by atoms with Crippen LogP contribution in [0.3, 0.4) is 0 Å². The second kappa shape index (κ2) is 7.26. The third kappa shape index (κ3) is 3.62. The Labute approximate surface area is 156 Å². The van der Waals surface area contributed by atoms with Crippen molar-refractivity contribution < 1.29 is 14.3 Å². The lowest BCUT2D eigenvalue weighted by Crippen LogP contribution is -2.46. The summed E-state index contributed by atoms with van der Waals surface area (Å²) in [6, 6.07) is 4.16. The highest BCUT2D eigenvalue weighted by Gasteiger charge is 2.36. The van der Waals surface area contributed by atoms with Gasteiger partial charge in [0.1, 0.15) is 6.10 Å². The van der Waals surface area contributed by atoms with Crippen molar-refractivity contribution in [1.29, 1.82) is 0 Å². The number of amides is 2. The van der Waals surface area contributed by atoms with Gasteiger partial charge in [0.15, 0.2) is 0 Å². The summed E-state index contributed by atoms with van der Waals surface area (Å²) in [5, 5.41) is 3.63. The van der Waals surface area contributed by atoms with Gasteiger partial charge in [-0.25, -0.2) is 9.59 Å². The Kier molecular flexibility index (Phi) is 5.25. The number of hydrogen-bond donors (Lipinski definition) is 1. The molecule has 1 saturated carbocycles. The number of allylic oxidation sites excluding steroid dienone is 1. The number of rotatable bonds is 3. The maximum absolute atomic E-state index is 12.8. The number of ether oxygens (including phenoxy) is 1. The molecule has 1 fully saturated rings. The summed E-state index contributed by atoms with van der Waals surface area (Å²) in [6.45, 7) is 1.74. The molecule has 2 aliphatic rings. The van der Waals surface area contributed by atoms with Gasteiger partial charge in [0.25, 0.3) is 0 Å². The molecule has 0 radical (unpaired) electrons. The normalized spacial score (nSPS) is 21.5. The van der Waals surface area contributed by atoms with Gasteiger partial charge >= 0.3 is 12.0 Å². The van der Waals surface area contributed by atoms with E-state index in [4.69, 9.17) is 27.9 Å². The Balaban J connectivity index is 1.97. The number of carbonyl (C=O) groups excluding carboxylic acids is 2. The van der Waals surface area contributed by atoms with Gasteiger partial charge in [-0.15, -0.1) is 0 Å². The molecule has 1 heterocycles. The first-order chi connectivity index (χ1) is 11.9. The topological polar surface area (TPSA) is 58.6 Å². The molecule has 1 aliphatic heterocycles. The maximum Gasteiger partial charge on any atom is 0.338 e. The molecule has 1 atom stereocenters. The molecule has 7 heteroatoms. The Hall–Kier alpha value is -1.72. The SMILES string of the molecule is CC1=C(C(=O)OC2CCCC2)C(c2ccc(Cl)c(Cl)c2)NC(=O)N1C. The standard InChI is InChI=1S/C18H20Cl2N2O3/c1-10-15(17(23)25-12-5-3-4-6-12)16(21-18(24)22(10)2)11-7-8-13(19)14(20)9-11/h7-9,12,16H,3-6H2,1-2H3,(H,21,24). The van der Waals surface area contributed by atoms with Gasteiger partial charge in [0.05, 0.1) is 21.7 Å². The predicted octanol–water partition coefficient (Wildman–Crippen LogP) is 4.45. The minimum absolute atomic E-state index is 0.0508. The van der Waals surface area contributed by atoms with Crippen molar-refractivity contribution in [2.45, 2.75) is 44.8 Å². The van der Waals surface area contributed by atoms with Crippen molar-refractivity contribution in [2.75, 3.05) is 7.05 Å². The van der Waals surface area contributed by atoms with Crippen LogP contribution in [-0.2, 0) is 9.53 Å². The van der Waals surface area contributed by atoms with E-state index in [9.17, 15) is 9.59 Å². The number of urea groups is 1. The fourth-order valence-corrected chi connectivity index (χ4v) is 3.57. The summed E-state index contributed by atoms with van der Waals surface area (Å²) in [6.07, 6.45) is 3.87. The fourth-order valence-electron chi connectivity index (χ4n) is 3.26. The summed E-state index contributed by atoms with van der Waals surface area (Å²) in [4.78, 5) is 26.5. The summed E-state index contributed by atoms with van der Waals surface area (Å²) in [7, 11) is 1.62. The highest BCUT2D eigenvalue weighted by atomic mass is 35.5. The average molecular weight is 383 g/mol. The molecule has 0 saturated heterocycles. The number of nitrogens with one attached hydrogen (secondary N) is 1. The van der Waals surface area contributed by atoms with Gasteiger partial charge in [-0.3, -0.25) is 0 Å². The summed E-state index contributed by atoms with van der Waals surface area (Å²) in [5.74, 6) is -0.396. The predicted molar refractivity (Wildman–Crippen MR) is 96.5 cm³/mol. The van der Waals surface area contributed by atoms with Gasteiger partial charge < -0.3 is 15.0 Å². The zero-order chi connectivity index (χ0) is 18.1. The largest absolute Gasteiger partial charge is 0.459 e. The van der Waals surface area contributed by atoms with Crippen LogP contribution in [0.25, 0.3) is 0 Å². The molecule has 1 unspecified atom stereocenters. The van der Waals surface area contributed by atoms with Gasteiger partial charge in [-0.1, -0.05) is 29.3 Å². The molecule has 1 aliphatic carbocycles. The van der Waals surface area contributed by atoms with E-state index in [1.807, 2.05) is 0 Å². The van der Waals surface area contributed by atoms with Crippen LogP contribution in [0.2, 0.25) is 10.0 Å². The fraction of sp³-hybridized carbons (Fsp3) is 0.444. The van der Waals surface area contributed by atoms with E-state index in [2.05, 4.69) is 5.32 Å². The lowest BCUT2D eigenvalue weighted by molar-refractivity contribution is -0.144. The number of nitrogens with zero attached hydrogens (tertiary/aromatic N) is 1. The molecule has 0 spiro atoms. The first kappa shape index (κ1) is 18.1. The molecule has 1 N–H and O–H groups in total. The molecular weight excluding hydrogens is 363 g/mol. The molecule has 3 rings (SSSR count). The molecule has 0 bridgehead atoms. The Morgan fingerprint density at radius 1 is 1.24 bits per heavy atom. The van der Waals surface area contributed by atoms with E-state index in [1.54, 1.807) is 32.2 Å². The third-order valence-electron chi connectivity index (χ3n) is 4.83. The molecule has 25 heavy (non-hydrogen) atoms. The van der Waals surface area contributed by atoms with Gasteiger partial charge in [0, 0.05) is 12.7 Å². The highest BCUT2D eigenvalue weighted by molar-refractivity contribution is 6.42. The van der Waals surface area contributed by atoms with Gasteiger partial charge in [-0.2, -0.15) is 0 Å². The molecule has 2 amide bonds. The Morgan fingerprint density at radius 2 is 1.92 bits per heavy atom. The smallest absolute Gasteiger partial charge is 0.338 e. The van der Waals surface area contributed by atoms with E-state index >= 15 is 0 Å². The van der Waals surface area contributed by atoms with Crippen LogP contribution in [0.1, 0.15) is 44.2 Å². The number of benzene rings is 1. The lowest BCUT2D eigenvalue weighted by atomic mass is 9.95. The minimum atomic E-state index is -0.618. The van der Waals surface area contributed by atoms with E-state index in [0.717, 1.165) is 25.7 Å². The minimum Gasteiger partial charge on any atom is -0.459 e. The Bertz CT molecular complexity index is 742. The van der Waals surface area contributed by atoms with Crippen LogP contribution in [0.15, 0.2) is 29.5 Å².